The molecule has 1 aromatic heterocycles. The number of carbonyl (C=O) groups excluding carboxylic acids is 2. The lowest BCUT2D eigenvalue weighted by Gasteiger charge is -2.32. The monoisotopic (exact) mass is 318 g/mol. The molecule has 5 heteroatoms. The maximum atomic E-state index is 12.8. The van der Waals surface area contributed by atoms with Gasteiger partial charge in [-0.2, -0.15) is 0 Å². The van der Waals surface area contributed by atoms with Gasteiger partial charge in [0.1, 0.15) is 6.04 Å². The van der Waals surface area contributed by atoms with Crippen LogP contribution < -0.4 is 0 Å². The molecular formula is C17H22N2O2S. The largest absolute Gasteiger partial charge is 0.337 e. The Morgan fingerprint density at radius 2 is 2.23 bits per heavy atom. The Hall–Kier alpha value is -1.62. The predicted molar refractivity (Wildman–Crippen MR) is 87.7 cm³/mol. The number of carbonyl (C=O) groups is 2. The third-order valence-electron chi connectivity index (χ3n) is 4.41. The van der Waals surface area contributed by atoms with Crippen molar-refractivity contribution in [2.24, 2.45) is 0 Å². The molecule has 2 aliphatic heterocycles. The molecule has 1 atom stereocenters. The van der Waals surface area contributed by atoms with Gasteiger partial charge >= 0.3 is 0 Å². The molecule has 0 unspecified atom stereocenters. The summed E-state index contributed by atoms with van der Waals surface area (Å²) < 4.78 is 0. The molecule has 3 rings (SSSR count). The molecule has 0 radical (unpaired) electrons. The van der Waals surface area contributed by atoms with E-state index in [1.54, 1.807) is 16.2 Å². The molecule has 1 saturated heterocycles. The maximum Gasteiger partial charge on any atom is 0.245 e. The number of hydrogen-bond donors (Lipinski definition) is 0. The van der Waals surface area contributed by atoms with Crippen LogP contribution in [0.25, 0.3) is 0 Å². The minimum atomic E-state index is -0.252. The summed E-state index contributed by atoms with van der Waals surface area (Å²) in [5.74, 6) is 0.215. The zero-order valence-electron chi connectivity index (χ0n) is 13.0. The number of likely N-dealkylation sites (tertiary alicyclic amines) is 1. The first-order chi connectivity index (χ1) is 10.6. The van der Waals surface area contributed by atoms with Crippen LogP contribution >= 0.6 is 11.3 Å². The Labute approximate surface area is 135 Å². The van der Waals surface area contributed by atoms with Gasteiger partial charge < -0.3 is 9.80 Å². The second-order valence-corrected chi connectivity index (χ2v) is 7.13. The lowest BCUT2D eigenvalue weighted by atomic mass is 10.1. The molecule has 0 aromatic carbocycles. The van der Waals surface area contributed by atoms with Crippen LogP contribution in [0.5, 0.6) is 0 Å². The highest BCUT2D eigenvalue weighted by atomic mass is 32.1. The van der Waals surface area contributed by atoms with Crippen molar-refractivity contribution in [1.82, 2.24) is 9.80 Å². The minimum Gasteiger partial charge on any atom is -0.337 e. The summed E-state index contributed by atoms with van der Waals surface area (Å²) in [6, 6.07) is 3.69. The Bertz CT molecular complexity index is 579. The molecule has 4 nitrogen and oxygen atoms in total. The first kappa shape index (κ1) is 15.3. The number of rotatable bonds is 3. The summed E-state index contributed by atoms with van der Waals surface area (Å²) in [7, 11) is 0. The fourth-order valence-corrected chi connectivity index (χ4v) is 3.99. The van der Waals surface area contributed by atoms with E-state index < -0.39 is 0 Å². The standard InChI is InChI=1S/C17H22N2O2S/c1-13-5-2-8-18(12-13)17(21)15-7-3-9-19(15)16(20)11-14-6-4-10-22-14/h4-6,10,15H,2-3,7-9,11-12H2,1H3/t15-/m1/s1. The van der Waals surface area contributed by atoms with Crippen molar-refractivity contribution in [2.75, 3.05) is 19.6 Å². The lowest BCUT2D eigenvalue weighted by molar-refractivity contribution is -0.143. The van der Waals surface area contributed by atoms with Crippen LogP contribution in [0, 0.1) is 0 Å². The number of hydrogen-bond acceptors (Lipinski definition) is 3. The summed E-state index contributed by atoms with van der Waals surface area (Å²) in [5.41, 5.74) is 1.24. The van der Waals surface area contributed by atoms with Crippen LogP contribution in [-0.4, -0.2) is 47.3 Å². The molecule has 118 valence electrons. The van der Waals surface area contributed by atoms with Crippen LogP contribution in [0.4, 0.5) is 0 Å². The molecule has 0 N–H and O–H groups in total. The van der Waals surface area contributed by atoms with E-state index >= 15 is 0 Å². The average molecular weight is 318 g/mol. The highest BCUT2D eigenvalue weighted by Crippen LogP contribution is 2.23. The van der Waals surface area contributed by atoms with E-state index in [1.165, 1.54) is 5.57 Å². The van der Waals surface area contributed by atoms with E-state index in [4.69, 9.17) is 0 Å². The quantitative estimate of drug-likeness (QED) is 0.803. The van der Waals surface area contributed by atoms with Gasteiger partial charge in [-0.3, -0.25) is 9.59 Å². The van der Waals surface area contributed by atoms with E-state index in [0.29, 0.717) is 19.5 Å². The third-order valence-corrected chi connectivity index (χ3v) is 5.28. The van der Waals surface area contributed by atoms with Crippen molar-refractivity contribution in [1.29, 1.82) is 0 Å². The predicted octanol–water partition coefficient (Wildman–Crippen LogP) is 2.46. The highest BCUT2D eigenvalue weighted by Gasteiger charge is 2.36. The van der Waals surface area contributed by atoms with Gasteiger partial charge in [0.15, 0.2) is 0 Å². The van der Waals surface area contributed by atoms with E-state index in [1.807, 2.05) is 22.4 Å². The van der Waals surface area contributed by atoms with Crippen molar-refractivity contribution in [3.63, 3.8) is 0 Å². The van der Waals surface area contributed by atoms with Gasteiger partial charge in [0.05, 0.1) is 6.42 Å². The Balaban J connectivity index is 1.66. The zero-order valence-corrected chi connectivity index (χ0v) is 13.8. The van der Waals surface area contributed by atoms with E-state index in [-0.39, 0.29) is 17.9 Å². The second kappa shape index (κ2) is 6.65. The first-order valence-electron chi connectivity index (χ1n) is 7.91. The topological polar surface area (TPSA) is 40.6 Å². The van der Waals surface area contributed by atoms with Crippen molar-refractivity contribution in [2.45, 2.75) is 38.6 Å². The first-order valence-corrected chi connectivity index (χ1v) is 8.79. The molecule has 0 saturated carbocycles. The molecule has 3 heterocycles. The Kier molecular flexibility index (Phi) is 4.62. The van der Waals surface area contributed by atoms with E-state index in [0.717, 1.165) is 30.7 Å². The molecule has 0 spiro atoms. The Morgan fingerprint density at radius 3 is 2.95 bits per heavy atom. The summed E-state index contributed by atoms with van der Waals surface area (Å²) in [6.07, 6.45) is 5.26. The van der Waals surface area contributed by atoms with Crippen molar-refractivity contribution in [3.8, 4) is 0 Å². The molecule has 2 aliphatic rings. The van der Waals surface area contributed by atoms with Gasteiger partial charge in [0.25, 0.3) is 0 Å². The van der Waals surface area contributed by atoms with Gasteiger partial charge in [-0.25, -0.2) is 0 Å². The van der Waals surface area contributed by atoms with Crippen LogP contribution in [0.2, 0.25) is 0 Å². The second-order valence-electron chi connectivity index (χ2n) is 6.10. The fraction of sp³-hybridized carbons (Fsp3) is 0.529. The molecule has 0 bridgehead atoms. The normalized spacial score (nSPS) is 21.9. The minimum absolute atomic E-state index is 0.0857. The van der Waals surface area contributed by atoms with Gasteiger partial charge in [-0.15, -0.1) is 11.3 Å². The molecule has 2 amide bonds. The summed E-state index contributed by atoms with van der Waals surface area (Å²) in [5, 5.41) is 1.98. The fourth-order valence-electron chi connectivity index (χ4n) is 3.30. The molecule has 1 aromatic rings. The zero-order chi connectivity index (χ0) is 15.5. The van der Waals surface area contributed by atoms with Crippen LogP contribution in [0.1, 0.15) is 31.1 Å². The number of nitrogens with zero attached hydrogens (tertiary/aromatic N) is 2. The summed E-state index contributed by atoms with van der Waals surface area (Å²) in [6.45, 7) is 4.26. The van der Waals surface area contributed by atoms with Crippen molar-refractivity contribution in [3.05, 3.63) is 34.0 Å². The van der Waals surface area contributed by atoms with Gasteiger partial charge in [-0.05, 0) is 37.6 Å². The number of amides is 2. The van der Waals surface area contributed by atoms with Crippen molar-refractivity contribution >= 4 is 23.2 Å². The molecular weight excluding hydrogens is 296 g/mol. The van der Waals surface area contributed by atoms with Crippen molar-refractivity contribution < 1.29 is 9.59 Å². The van der Waals surface area contributed by atoms with Crippen LogP contribution in [0.3, 0.4) is 0 Å². The van der Waals surface area contributed by atoms with Crippen LogP contribution in [0.15, 0.2) is 29.2 Å². The van der Waals surface area contributed by atoms with E-state index in [2.05, 4.69) is 13.0 Å². The van der Waals surface area contributed by atoms with E-state index in [9.17, 15) is 9.59 Å². The average Bonchev–Trinajstić information content (AvgIpc) is 3.17. The molecule has 1 fully saturated rings. The molecule has 0 aliphatic carbocycles. The van der Waals surface area contributed by atoms with Gasteiger partial charge in [-0.1, -0.05) is 17.7 Å². The Morgan fingerprint density at radius 1 is 1.36 bits per heavy atom. The maximum absolute atomic E-state index is 12.8. The lowest BCUT2D eigenvalue weighted by Crippen LogP contribution is -2.49. The van der Waals surface area contributed by atoms with Crippen LogP contribution in [-0.2, 0) is 16.0 Å². The molecule has 22 heavy (non-hydrogen) atoms. The summed E-state index contributed by atoms with van der Waals surface area (Å²) >= 11 is 1.60. The smallest absolute Gasteiger partial charge is 0.245 e. The SMILES string of the molecule is CC1=CCCN(C(=O)[C@H]2CCCN2C(=O)Cc2cccs2)C1. The third kappa shape index (κ3) is 3.24. The van der Waals surface area contributed by atoms with Gasteiger partial charge in [0, 0.05) is 24.5 Å². The highest BCUT2D eigenvalue weighted by molar-refractivity contribution is 7.10. The summed E-state index contributed by atoms with van der Waals surface area (Å²) in [4.78, 5) is 30.1. The van der Waals surface area contributed by atoms with Gasteiger partial charge in [0.2, 0.25) is 11.8 Å². The number of thiophene rings is 1.